The Balaban J connectivity index is 1.73. The van der Waals surface area contributed by atoms with Crippen LogP contribution in [0.5, 0.6) is 0 Å². The Morgan fingerprint density at radius 2 is 1.67 bits per heavy atom. The van der Waals surface area contributed by atoms with Crippen molar-refractivity contribution >= 4 is 22.8 Å². The van der Waals surface area contributed by atoms with Gasteiger partial charge in [0.15, 0.2) is 0 Å². The average Bonchev–Trinajstić information content (AvgIpc) is 2.65. The molecule has 0 aromatic heterocycles. The van der Waals surface area contributed by atoms with Crippen LogP contribution in [0.3, 0.4) is 0 Å². The molecule has 0 bridgehead atoms. The second kappa shape index (κ2) is 7.57. The molecule has 3 nitrogen and oxygen atoms in total. The van der Waals surface area contributed by atoms with Crippen molar-refractivity contribution in [2.75, 3.05) is 6.61 Å². The molecule has 1 amide bonds. The number of hydrogen-bond donors (Lipinski definition) is 2. The van der Waals surface area contributed by atoms with Gasteiger partial charge in [0.2, 0.25) is 5.91 Å². The number of carbonyl (C=O) groups is 1. The van der Waals surface area contributed by atoms with E-state index in [4.69, 9.17) is 0 Å². The Hall–Kier alpha value is -2.91. The maximum Gasteiger partial charge on any atom is 0.244 e. The monoisotopic (exact) mass is 317 g/mol. The molecule has 0 radical (unpaired) electrons. The highest BCUT2D eigenvalue weighted by Gasteiger charge is 2.12. The summed E-state index contributed by atoms with van der Waals surface area (Å²) >= 11 is 0. The van der Waals surface area contributed by atoms with Crippen molar-refractivity contribution in [3.05, 3.63) is 90.0 Å². The van der Waals surface area contributed by atoms with Gasteiger partial charge in [-0.3, -0.25) is 4.79 Å². The fourth-order valence-electron chi connectivity index (χ4n) is 2.61. The van der Waals surface area contributed by atoms with Gasteiger partial charge in [-0.15, -0.1) is 0 Å². The van der Waals surface area contributed by atoms with Crippen molar-refractivity contribution in [1.29, 1.82) is 0 Å². The van der Waals surface area contributed by atoms with Gasteiger partial charge in [0, 0.05) is 6.08 Å². The molecule has 24 heavy (non-hydrogen) atoms. The minimum Gasteiger partial charge on any atom is -0.394 e. The highest BCUT2D eigenvalue weighted by Crippen LogP contribution is 2.20. The normalized spacial score (nSPS) is 12.4. The van der Waals surface area contributed by atoms with E-state index in [2.05, 4.69) is 5.32 Å². The number of aliphatic hydroxyl groups is 1. The molecule has 0 unspecified atom stereocenters. The van der Waals surface area contributed by atoms with E-state index in [1.54, 1.807) is 6.08 Å². The van der Waals surface area contributed by atoms with E-state index < -0.39 is 6.04 Å². The summed E-state index contributed by atoms with van der Waals surface area (Å²) in [4.78, 5) is 12.1. The van der Waals surface area contributed by atoms with Crippen molar-refractivity contribution < 1.29 is 9.90 Å². The van der Waals surface area contributed by atoms with Gasteiger partial charge < -0.3 is 10.4 Å². The molecule has 1 atom stereocenters. The molecule has 0 saturated heterocycles. The molecule has 2 N–H and O–H groups in total. The van der Waals surface area contributed by atoms with Gasteiger partial charge in [0.05, 0.1) is 12.6 Å². The number of benzene rings is 3. The van der Waals surface area contributed by atoms with E-state index in [9.17, 15) is 9.90 Å². The van der Waals surface area contributed by atoms with Crippen molar-refractivity contribution in [3.8, 4) is 0 Å². The molecule has 3 aromatic rings. The van der Waals surface area contributed by atoms with Crippen LogP contribution in [-0.4, -0.2) is 17.6 Å². The molecule has 0 aliphatic carbocycles. The number of carbonyl (C=O) groups excluding carboxylic acids is 1. The average molecular weight is 317 g/mol. The molecular formula is C21H19NO2. The number of aliphatic hydroxyl groups excluding tert-OH is 1. The van der Waals surface area contributed by atoms with Crippen LogP contribution >= 0.6 is 0 Å². The van der Waals surface area contributed by atoms with Crippen molar-refractivity contribution in [3.63, 3.8) is 0 Å². The van der Waals surface area contributed by atoms with Crippen LogP contribution in [0, 0.1) is 0 Å². The minimum absolute atomic E-state index is 0.150. The Labute approximate surface area is 141 Å². The standard InChI is InChI=1S/C21H19NO2/c23-15-20(19-12-11-17-8-4-5-9-18(17)14-19)22-21(24)13-10-16-6-2-1-3-7-16/h1-14,20,23H,15H2,(H,22,24)/b13-10+/t20-/m0/s1. The summed E-state index contributed by atoms with van der Waals surface area (Å²) in [6.45, 7) is -0.150. The van der Waals surface area contributed by atoms with Crippen LogP contribution in [-0.2, 0) is 4.79 Å². The van der Waals surface area contributed by atoms with Crippen molar-refractivity contribution in [1.82, 2.24) is 5.32 Å². The summed E-state index contributed by atoms with van der Waals surface area (Å²) in [6, 6.07) is 23.1. The Bertz CT molecular complexity index is 856. The smallest absolute Gasteiger partial charge is 0.244 e. The topological polar surface area (TPSA) is 49.3 Å². The number of fused-ring (bicyclic) bond motifs is 1. The second-order valence-corrected chi connectivity index (χ2v) is 5.59. The third-order valence-electron chi connectivity index (χ3n) is 3.90. The summed E-state index contributed by atoms with van der Waals surface area (Å²) in [5, 5.41) is 14.7. The Kier molecular flexibility index (Phi) is 5.04. The summed E-state index contributed by atoms with van der Waals surface area (Å²) in [5.74, 6) is -0.230. The lowest BCUT2D eigenvalue weighted by atomic mass is 10.0. The molecule has 0 spiro atoms. The van der Waals surface area contributed by atoms with Crippen LogP contribution in [0.1, 0.15) is 17.2 Å². The maximum absolute atomic E-state index is 12.1. The van der Waals surface area contributed by atoms with E-state index in [1.807, 2.05) is 72.8 Å². The van der Waals surface area contributed by atoms with Crippen LogP contribution in [0.25, 0.3) is 16.8 Å². The maximum atomic E-state index is 12.1. The Morgan fingerprint density at radius 3 is 2.42 bits per heavy atom. The van der Waals surface area contributed by atoms with E-state index in [0.717, 1.165) is 21.9 Å². The lowest BCUT2D eigenvalue weighted by Crippen LogP contribution is -2.29. The van der Waals surface area contributed by atoms with Gasteiger partial charge in [-0.2, -0.15) is 0 Å². The molecule has 3 aromatic carbocycles. The molecule has 120 valence electrons. The lowest BCUT2D eigenvalue weighted by molar-refractivity contribution is -0.117. The van der Waals surface area contributed by atoms with E-state index in [0.29, 0.717) is 0 Å². The van der Waals surface area contributed by atoms with Gasteiger partial charge in [0.25, 0.3) is 0 Å². The molecule has 0 aliphatic rings. The van der Waals surface area contributed by atoms with Crippen molar-refractivity contribution in [2.45, 2.75) is 6.04 Å². The highest BCUT2D eigenvalue weighted by molar-refractivity contribution is 5.92. The summed E-state index contributed by atoms with van der Waals surface area (Å²) in [6.07, 6.45) is 3.24. The third-order valence-corrected chi connectivity index (χ3v) is 3.90. The SMILES string of the molecule is O=C(/C=C/c1ccccc1)N[C@@H](CO)c1ccc2ccccc2c1. The summed E-state index contributed by atoms with van der Waals surface area (Å²) < 4.78 is 0. The van der Waals surface area contributed by atoms with Gasteiger partial charge in [0.1, 0.15) is 0 Å². The van der Waals surface area contributed by atoms with Crippen LogP contribution in [0.2, 0.25) is 0 Å². The molecule has 0 aliphatic heterocycles. The number of rotatable bonds is 5. The molecule has 0 heterocycles. The van der Waals surface area contributed by atoms with Crippen molar-refractivity contribution in [2.24, 2.45) is 0 Å². The second-order valence-electron chi connectivity index (χ2n) is 5.59. The first-order valence-corrected chi connectivity index (χ1v) is 7.89. The number of nitrogens with one attached hydrogen (secondary N) is 1. The zero-order valence-electron chi connectivity index (χ0n) is 13.2. The molecule has 3 rings (SSSR count). The fourth-order valence-corrected chi connectivity index (χ4v) is 2.61. The first kappa shape index (κ1) is 16.0. The molecule has 3 heteroatoms. The fraction of sp³-hybridized carbons (Fsp3) is 0.0952. The van der Waals surface area contributed by atoms with Gasteiger partial charge in [-0.05, 0) is 34.0 Å². The minimum atomic E-state index is -0.428. The van der Waals surface area contributed by atoms with Crippen LogP contribution < -0.4 is 5.32 Å². The lowest BCUT2D eigenvalue weighted by Gasteiger charge is -2.16. The summed E-state index contributed by atoms with van der Waals surface area (Å²) in [5.41, 5.74) is 1.84. The van der Waals surface area contributed by atoms with E-state index in [1.165, 1.54) is 6.08 Å². The van der Waals surface area contributed by atoms with Gasteiger partial charge >= 0.3 is 0 Å². The highest BCUT2D eigenvalue weighted by atomic mass is 16.3. The molecular weight excluding hydrogens is 298 g/mol. The number of hydrogen-bond acceptors (Lipinski definition) is 2. The number of amides is 1. The zero-order chi connectivity index (χ0) is 16.8. The Morgan fingerprint density at radius 1 is 0.958 bits per heavy atom. The van der Waals surface area contributed by atoms with Gasteiger partial charge in [-0.1, -0.05) is 66.7 Å². The largest absolute Gasteiger partial charge is 0.394 e. The zero-order valence-corrected chi connectivity index (χ0v) is 13.2. The molecule has 0 saturated carbocycles. The van der Waals surface area contributed by atoms with E-state index >= 15 is 0 Å². The third kappa shape index (κ3) is 3.89. The quantitative estimate of drug-likeness (QED) is 0.705. The van der Waals surface area contributed by atoms with E-state index in [-0.39, 0.29) is 12.5 Å². The van der Waals surface area contributed by atoms with Gasteiger partial charge in [-0.25, -0.2) is 0 Å². The first-order chi connectivity index (χ1) is 11.8. The van der Waals surface area contributed by atoms with Crippen LogP contribution in [0.15, 0.2) is 78.9 Å². The molecule has 0 fully saturated rings. The van der Waals surface area contributed by atoms with Crippen LogP contribution in [0.4, 0.5) is 0 Å². The first-order valence-electron chi connectivity index (χ1n) is 7.89. The predicted octanol–water partition coefficient (Wildman–Crippen LogP) is 3.70. The predicted molar refractivity (Wildman–Crippen MR) is 97.4 cm³/mol. The summed E-state index contributed by atoms with van der Waals surface area (Å²) in [7, 11) is 0.